The van der Waals surface area contributed by atoms with E-state index in [4.69, 9.17) is 4.74 Å². The second kappa shape index (κ2) is 7.40. The molecule has 1 aromatic heterocycles. The maximum Gasteiger partial charge on any atom is 0.224 e. The summed E-state index contributed by atoms with van der Waals surface area (Å²) in [7, 11) is 0. The summed E-state index contributed by atoms with van der Waals surface area (Å²) in [6, 6.07) is 2.46. The molecule has 1 amide bonds. The van der Waals surface area contributed by atoms with E-state index in [-0.39, 0.29) is 18.0 Å². The van der Waals surface area contributed by atoms with Crippen LogP contribution in [-0.2, 0) is 9.53 Å². The van der Waals surface area contributed by atoms with Gasteiger partial charge in [0.2, 0.25) is 5.91 Å². The van der Waals surface area contributed by atoms with Gasteiger partial charge in [-0.25, -0.2) is 0 Å². The van der Waals surface area contributed by atoms with E-state index in [1.807, 2.05) is 21.8 Å². The third-order valence-electron chi connectivity index (χ3n) is 3.83. The summed E-state index contributed by atoms with van der Waals surface area (Å²) < 4.78 is 7.18. The van der Waals surface area contributed by atoms with E-state index in [1.54, 1.807) is 6.20 Å². The van der Waals surface area contributed by atoms with Gasteiger partial charge < -0.3 is 15.0 Å². The summed E-state index contributed by atoms with van der Waals surface area (Å²) in [5.74, 6) is 0.208. The molecule has 0 radical (unpaired) electrons. The lowest BCUT2D eigenvalue weighted by Gasteiger charge is -2.27. The van der Waals surface area contributed by atoms with Gasteiger partial charge in [-0.1, -0.05) is 0 Å². The molecule has 1 aromatic rings. The number of nitrogens with one attached hydrogen (secondary N) is 1. The van der Waals surface area contributed by atoms with Crippen molar-refractivity contribution >= 4 is 5.91 Å². The van der Waals surface area contributed by atoms with Crippen LogP contribution in [0.15, 0.2) is 18.5 Å². The Labute approximate surface area is 120 Å². The van der Waals surface area contributed by atoms with Crippen LogP contribution in [0.25, 0.3) is 0 Å². The molecule has 0 unspecified atom stereocenters. The van der Waals surface area contributed by atoms with Gasteiger partial charge in [0.25, 0.3) is 0 Å². The van der Waals surface area contributed by atoms with Crippen LogP contribution in [-0.4, -0.2) is 59.5 Å². The van der Waals surface area contributed by atoms with Gasteiger partial charge in [0.1, 0.15) is 0 Å². The number of morpholine rings is 1. The first-order valence-corrected chi connectivity index (χ1v) is 7.26. The Morgan fingerprint density at radius 1 is 1.40 bits per heavy atom. The molecular weight excluding hydrogens is 256 g/mol. The minimum atomic E-state index is 0.208. The minimum Gasteiger partial charge on any atom is -0.378 e. The first kappa shape index (κ1) is 15.0. The Hall–Kier alpha value is -1.40. The van der Waals surface area contributed by atoms with E-state index in [9.17, 15) is 4.79 Å². The van der Waals surface area contributed by atoms with Crippen molar-refractivity contribution in [2.75, 3.05) is 32.8 Å². The van der Waals surface area contributed by atoms with E-state index in [2.05, 4.69) is 24.3 Å². The minimum absolute atomic E-state index is 0.208. The molecule has 1 fully saturated rings. The molecule has 6 heteroatoms. The quantitative estimate of drug-likeness (QED) is 0.832. The third kappa shape index (κ3) is 4.05. The van der Waals surface area contributed by atoms with Crippen LogP contribution < -0.4 is 5.32 Å². The number of amides is 1. The van der Waals surface area contributed by atoms with Crippen LogP contribution in [0.2, 0.25) is 0 Å². The highest BCUT2D eigenvalue weighted by Gasteiger charge is 2.18. The second-order valence-electron chi connectivity index (χ2n) is 5.21. The summed E-state index contributed by atoms with van der Waals surface area (Å²) in [6.07, 6.45) is 4.28. The number of carbonyl (C=O) groups excluding carboxylic acids is 1. The smallest absolute Gasteiger partial charge is 0.224 e. The fourth-order valence-electron chi connectivity index (χ4n) is 2.30. The lowest BCUT2D eigenvalue weighted by atomic mass is 10.1. The monoisotopic (exact) mass is 280 g/mol. The summed E-state index contributed by atoms with van der Waals surface area (Å²) in [6.45, 7) is 7.69. The largest absolute Gasteiger partial charge is 0.378 e. The highest BCUT2D eigenvalue weighted by atomic mass is 16.5. The van der Waals surface area contributed by atoms with E-state index in [0.717, 1.165) is 13.1 Å². The molecule has 0 aromatic carbocycles. The van der Waals surface area contributed by atoms with Gasteiger partial charge in [0.15, 0.2) is 0 Å². The predicted molar refractivity (Wildman–Crippen MR) is 76.4 cm³/mol. The summed E-state index contributed by atoms with van der Waals surface area (Å²) in [5, 5.41) is 7.64. The Morgan fingerprint density at radius 2 is 2.15 bits per heavy atom. The number of ether oxygens (including phenoxy) is 1. The molecule has 2 atom stereocenters. The van der Waals surface area contributed by atoms with Gasteiger partial charge in [-0.05, 0) is 19.9 Å². The van der Waals surface area contributed by atoms with E-state index in [0.29, 0.717) is 26.2 Å². The van der Waals surface area contributed by atoms with E-state index < -0.39 is 0 Å². The average Bonchev–Trinajstić information content (AvgIpc) is 3.01. The molecule has 1 N–H and O–H groups in total. The first-order chi connectivity index (χ1) is 9.68. The van der Waals surface area contributed by atoms with Gasteiger partial charge in [0.05, 0.1) is 19.3 Å². The van der Waals surface area contributed by atoms with Crippen LogP contribution in [0.1, 0.15) is 26.3 Å². The van der Waals surface area contributed by atoms with Crippen LogP contribution in [0.5, 0.6) is 0 Å². The van der Waals surface area contributed by atoms with Gasteiger partial charge in [-0.2, -0.15) is 5.10 Å². The van der Waals surface area contributed by atoms with Gasteiger partial charge in [-0.15, -0.1) is 0 Å². The van der Waals surface area contributed by atoms with Crippen molar-refractivity contribution in [1.29, 1.82) is 0 Å². The topological polar surface area (TPSA) is 59.4 Å². The standard InChI is InChI=1S/C14H24N4O2/c1-12(13(2)18-7-3-5-16-18)15-6-4-14(19)17-8-10-20-11-9-17/h3,5,7,12-13,15H,4,6,8-11H2,1-2H3/t12-,13+/m0/s1. The molecule has 112 valence electrons. The molecular formula is C14H24N4O2. The molecule has 0 spiro atoms. The van der Waals surface area contributed by atoms with Crippen molar-refractivity contribution in [3.05, 3.63) is 18.5 Å². The third-order valence-corrected chi connectivity index (χ3v) is 3.83. The van der Waals surface area contributed by atoms with Crippen molar-refractivity contribution in [1.82, 2.24) is 20.0 Å². The number of hydrogen-bond acceptors (Lipinski definition) is 4. The zero-order valence-corrected chi connectivity index (χ0v) is 12.3. The molecule has 2 heterocycles. The SMILES string of the molecule is C[C@H](NCCC(=O)N1CCOCC1)[C@@H](C)n1cccn1. The molecule has 20 heavy (non-hydrogen) atoms. The van der Waals surface area contributed by atoms with Crippen molar-refractivity contribution in [3.63, 3.8) is 0 Å². The van der Waals surface area contributed by atoms with Crippen molar-refractivity contribution in [2.24, 2.45) is 0 Å². The highest BCUT2D eigenvalue weighted by Crippen LogP contribution is 2.09. The molecule has 2 rings (SSSR count). The van der Waals surface area contributed by atoms with Gasteiger partial charge in [-0.3, -0.25) is 9.48 Å². The lowest BCUT2D eigenvalue weighted by Crippen LogP contribution is -2.42. The Balaban J connectivity index is 1.68. The van der Waals surface area contributed by atoms with Crippen molar-refractivity contribution in [3.8, 4) is 0 Å². The maximum absolute atomic E-state index is 12.0. The van der Waals surface area contributed by atoms with Gasteiger partial charge in [0, 0.05) is 44.5 Å². The molecule has 1 aliphatic heterocycles. The summed E-state index contributed by atoms with van der Waals surface area (Å²) in [4.78, 5) is 13.9. The Morgan fingerprint density at radius 3 is 2.80 bits per heavy atom. The number of hydrogen-bond donors (Lipinski definition) is 1. The summed E-state index contributed by atoms with van der Waals surface area (Å²) in [5.41, 5.74) is 0. The predicted octanol–water partition coefficient (Wildman–Crippen LogP) is 0.671. The van der Waals surface area contributed by atoms with Gasteiger partial charge >= 0.3 is 0 Å². The second-order valence-corrected chi connectivity index (χ2v) is 5.21. The van der Waals surface area contributed by atoms with Crippen LogP contribution in [0.4, 0.5) is 0 Å². The van der Waals surface area contributed by atoms with E-state index in [1.165, 1.54) is 0 Å². The number of nitrogens with zero attached hydrogens (tertiary/aromatic N) is 3. The molecule has 1 saturated heterocycles. The zero-order valence-electron chi connectivity index (χ0n) is 12.3. The molecule has 0 saturated carbocycles. The number of aromatic nitrogens is 2. The fraction of sp³-hybridized carbons (Fsp3) is 0.714. The van der Waals surface area contributed by atoms with Crippen LogP contribution in [0.3, 0.4) is 0 Å². The number of carbonyl (C=O) groups is 1. The Bertz CT molecular complexity index is 401. The Kier molecular flexibility index (Phi) is 5.55. The molecule has 0 bridgehead atoms. The maximum atomic E-state index is 12.0. The molecule has 6 nitrogen and oxygen atoms in total. The lowest BCUT2D eigenvalue weighted by molar-refractivity contribution is -0.135. The normalized spacial score (nSPS) is 18.8. The van der Waals surface area contributed by atoms with E-state index >= 15 is 0 Å². The van der Waals surface area contributed by atoms with Crippen molar-refractivity contribution < 1.29 is 9.53 Å². The van der Waals surface area contributed by atoms with Crippen LogP contribution in [0, 0.1) is 0 Å². The average molecular weight is 280 g/mol. The zero-order chi connectivity index (χ0) is 14.4. The first-order valence-electron chi connectivity index (χ1n) is 7.26. The number of rotatable bonds is 6. The summed E-state index contributed by atoms with van der Waals surface area (Å²) >= 11 is 0. The molecule has 0 aliphatic carbocycles. The molecule has 1 aliphatic rings. The van der Waals surface area contributed by atoms with Crippen molar-refractivity contribution in [2.45, 2.75) is 32.4 Å². The fourth-order valence-corrected chi connectivity index (χ4v) is 2.30. The highest BCUT2D eigenvalue weighted by molar-refractivity contribution is 5.76. The van der Waals surface area contributed by atoms with Crippen LogP contribution >= 0.6 is 0 Å².